The van der Waals surface area contributed by atoms with Crippen LogP contribution in [-0.2, 0) is 0 Å². The highest BCUT2D eigenvalue weighted by molar-refractivity contribution is 7.99. The third-order valence-electron chi connectivity index (χ3n) is 1.52. The molecule has 4 heteroatoms. The number of aliphatic imine (C=N–C) groups is 1. The summed E-state index contributed by atoms with van der Waals surface area (Å²) in [5.74, 6) is 3.08. The standard InChI is InChI=1S/C10H21N3S/c1-6-8-14-9-7-11-10(12(2)3)13(4)5/h6H,1,7-9H2,2-5H3. The molecule has 0 aliphatic rings. The van der Waals surface area contributed by atoms with Crippen molar-refractivity contribution in [1.29, 1.82) is 0 Å². The minimum Gasteiger partial charge on any atom is -0.349 e. The van der Waals surface area contributed by atoms with Gasteiger partial charge in [-0.15, -0.1) is 6.58 Å². The lowest BCUT2D eigenvalue weighted by atomic mass is 10.7. The molecule has 0 fully saturated rings. The molecule has 0 N–H and O–H groups in total. The van der Waals surface area contributed by atoms with Crippen LogP contribution in [0.25, 0.3) is 0 Å². The van der Waals surface area contributed by atoms with E-state index >= 15 is 0 Å². The van der Waals surface area contributed by atoms with E-state index in [0.717, 1.165) is 24.0 Å². The van der Waals surface area contributed by atoms with Crippen molar-refractivity contribution < 1.29 is 0 Å². The van der Waals surface area contributed by atoms with Gasteiger partial charge in [-0.3, -0.25) is 4.99 Å². The van der Waals surface area contributed by atoms with E-state index in [-0.39, 0.29) is 0 Å². The average Bonchev–Trinajstić information content (AvgIpc) is 2.09. The van der Waals surface area contributed by atoms with Crippen LogP contribution < -0.4 is 0 Å². The molecule has 0 atom stereocenters. The third kappa shape index (κ3) is 5.91. The van der Waals surface area contributed by atoms with E-state index in [1.165, 1.54) is 0 Å². The van der Waals surface area contributed by atoms with Gasteiger partial charge < -0.3 is 9.80 Å². The Kier molecular flexibility index (Phi) is 7.38. The van der Waals surface area contributed by atoms with Crippen molar-refractivity contribution in [3.05, 3.63) is 12.7 Å². The zero-order chi connectivity index (χ0) is 11.0. The van der Waals surface area contributed by atoms with E-state index in [4.69, 9.17) is 0 Å². The maximum Gasteiger partial charge on any atom is 0.195 e. The van der Waals surface area contributed by atoms with E-state index in [1.807, 2.05) is 55.8 Å². The van der Waals surface area contributed by atoms with Crippen LogP contribution in [0.5, 0.6) is 0 Å². The summed E-state index contributed by atoms with van der Waals surface area (Å²) in [5, 5.41) is 0. The van der Waals surface area contributed by atoms with Gasteiger partial charge >= 0.3 is 0 Å². The molecule has 0 aliphatic carbocycles. The van der Waals surface area contributed by atoms with Crippen LogP contribution in [0.1, 0.15) is 0 Å². The number of hydrogen-bond donors (Lipinski definition) is 0. The first-order valence-corrected chi connectivity index (χ1v) is 5.82. The van der Waals surface area contributed by atoms with E-state index in [2.05, 4.69) is 11.6 Å². The first-order valence-electron chi connectivity index (χ1n) is 4.67. The topological polar surface area (TPSA) is 18.8 Å². The molecule has 0 rings (SSSR count). The lowest BCUT2D eigenvalue weighted by Crippen LogP contribution is -2.35. The van der Waals surface area contributed by atoms with Crippen molar-refractivity contribution in [2.75, 3.05) is 46.2 Å². The zero-order valence-corrected chi connectivity index (χ0v) is 10.5. The summed E-state index contributed by atoms with van der Waals surface area (Å²) >= 11 is 1.86. The fourth-order valence-electron chi connectivity index (χ4n) is 1.06. The van der Waals surface area contributed by atoms with Gasteiger partial charge in [0, 0.05) is 39.7 Å². The minimum atomic E-state index is 0.865. The molecule has 0 radical (unpaired) electrons. The molecule has 0 aromatic carbocycles. The van der Waals surface area contributed by atoms with Gasteiger partial charge in [-0.1, -0.05) is 6.08 Å². The predicted octanol–water partition coefficient (Wildman–Crippen LogP) is 1.38. The summed E-state index contributed by atoms with van der Waals surface area (Å²) in [6.45, 7) is 4.54. The van der Waals surface area contributed by atoms with Gasteiger partial charge in [0.2, 0.25) is 0 Å². The van der Waals surface area contributed by atoms with Gasteiger partial charge in [0.15, 0.2) is 5.96 Å². The maximum absolute atomic E-state index is 4.51. The number of rotatable bonds is 5. The van der Waals surface area contributed by atoms with Crippen molar-refractivity contribution in [2.24, 2.45) is 4.99 Å². The Morgan fingerprint density at radius 2 is 1.86 bits per heavy atom. The second-order valence-corrected chi connectivity index (χ2v) is 4.48. The van der Waals surface area contributed by atoms with E-state index < -0.39 is 0 Å². The quantitative estimate of drug-likeness (QED) is 0.299. The molecule has 0 saturated heterocycles. The summed E-state index contributed by atoms with van der Waals surface area (Å²) in [7, 11) is 8.04. The Balaban J connectivity index is 3.86. The number of nitrogens with zero attached hydrogens (tertiary/aromatic N) is 3. The first-order chi connectivity index (χ1) is 6.59. The SMILES string of the molecule is C=CCSCCN=C(N(C)C)N(C)C. The van der Waals surface area contributed by atoms with Gasteiger partial charge in [0.25, 0.3) is 0 Å². The number of thioether (sulfide) groups is 1. The molecule has 0 aromatic heterocycles. The molecule has 0 amide bonds. The number of guanidine groups is 1. The Morgan fingerprint density at radius 1 is 1.29 bits per heavy atom. The monoisotopic (exact) mass is 215 g/mol. The van der Waals surface area contributed by atoms with Gasteiger partial charge in [-0.05, 0) is 0 Å². The Morgan fingerprint density at radius 3 is 2.29 bits per heavy atom. The maximum atomic E-state index is 4.51. The van der Waals surface area contributed by atoms with E-state index in [9.17, 15) is 0 Å². The van der Waals surface area contributed by atoms with Gasteiger partial charge in [-0.2, -0.15) is 11.8 Å². The Hall–Kier alpha value is -0.640. The lowest BCUT2D eigenvalue weighted by Gasteiger charge is -2.22. The summed E-state index contributed by atoms with van der Waals surface area (Å²) < 4.78 is 0. The highest BCUT2D eigenvalue weighted by Crippen LogP contribution is 1.99. The predicted molar refractivity (Wildman–Crippen MR) is 67.2 cm³/mol. The summed E-state index contributed by atoms with van der Waals surface area (Å²) in [6.07, 6.45) is 1.92. The normalized spacial score (nSPS) is 9.43. The zero-order valence-electron chi connectivity index (χ0n) is 9.66. The van der Waals surface area contributed by atoms with Crippen molar-refractivity contribution in [3.8, 4) is 0 Å². The van der Waals surface area contributed by atoms with Crippen molar-refractivity contribution >= 4 is 17.7 Å². The largest absolute Gasteiger partial charge is 0.349 e. The molecule has 0 spiro atoms. The van der Waals surface area contributed by atoms with Crippen LogP contribution in [0.2, 0.25) is 0 Å². The molecule has 0 aliphatic heterocycles. The minimum absolute atomic E-state index is 0.865. The molecule has 0 aromatic rings. The van der Waals surface area contributed by atoms with Crippen LogP contribution >= 0.6 is 11.8 Å². The van der Waals surface area contributed by atoms with Crippen LogP contribution in [0.3, 0.4) is 0 Å². The van der Waals surface area contributed by atoms with Crippen molar-refractivity contribution in [3.63, 3.8) is 0 Å². The fourth-order valence-corrected chi connectivity index (χ4v) is 1.61. The molecule has 82 valence electrons. The van der Waals surface area contributed by atoms with Crippen LogP contribution in [-0.4, -0.2) is 62.0 Å². The van der Waals surface area contributed by atoms with Crippen LogP contribution in [0.4, 0.5) is 0 Å². The highest BCUT2D eigenvalue weighted by Gasteiger charge is 2.02. The van der Waals surface area contributed by atoms with Crippen molar-refractivity contribution in [2.45, 2.75) is 0 Å². The summed E-state index contributed by atoms with van der Waals surface area (Å²) in [5.41, 5.74) is 0. The molecule has 14 heavy (non-hydrogen) atoms. The molecule has 0 bridgehead atoms. The Labute approximate surface area is 91.9 Å². The third-order valence-corrected chi connectivity index (χ3v) is 2.47. The van der Waals surface area contributed by atoms with Crippen LogP contribution in [0, 0.1) is 0 Å². The van der Waals surface area contributed by atoms with Crippen LogP contribution in [0.15, 0.2) is 17.6 Å². The molecule has 0 unspecified atom stereocenters. The molecular weight excluding hydrogens is 194 g/mol. The average molecular weight is 215 g/mol. The van der Waals surface area contributed by atoms with Gasteiger partial charge in [0.05, 0.1) is 6.54 Å². The summed E-state index contributed by atoms with van der Waals surface area (Å²) in [4.78, 5) is 8.56. The molecule has 0 heterocycles. The van der Waals surface area contributed by atoms with E-state index in [0.29, 0.717) is 0 Å². The van der Waals surface area contributed by atoms with Gasteiger partial charge in [-0.25, -0.2) is 0 Å². The fraction of sp³-hybridized carbons (Fsp3) is 0.700. The van der Waals surface area contributed by atoms with Crippen molar-refractivity contribution in [1.82, 2.24) is 9.80 Å². The molecule has 3 nitrogen and oxygen atoms in total. The second-order valence-electron chi connectivity index (χ2n) is 3.33. The first kappa shape index (κ1) is 13.4. The molecule has 0 saturated carbocycles. The van der Waals surface area contributed by atoms with Gasteiger partial charge in [0.1, 0.15) is 0 Å². The second kappa shape index (κ2) is 7.74. The molecular formula is C10H21N3S. The smallest absolute Gasteiger partial charge is 0.195 e. The lowest BCUT2D eigenvalue weighted by molar-refractivity contribution is 0.480. The summed E-state index contributed by atoms with van der Waals surface area (Å²) in [6, 6.07) is 0. The van der Waals surface area contributed by atoms with E-state index in [1.54, 1.807) is 0 Å². The highest BCUT2D eigenvalue weighted by atomic mass is 32.2. The number of hydrogen-bond acceptors (Lipinski definition) is 2. The Bertz CT molecular complexity index is 178.